The molecule has 0 unspecified atom stereocenters. The molecular weight excluding hydrogens is 230 g/mol. The number of benzene rings is 1. The van der Waals surface area contributed by atoms with Gasteiger partial charge in [0.25, 0.3) is 0 Å². The second-order valence-corrected chi connectivity index (χ2v) is 5.59. The summed E-state index contributed by atoms with van der Waals surface area (Å²) in [7, 11) is 1.72. The molecule has 0 radical (unpaired) electrons. The molecule has 1 aliphatic rings. The molecule has 0 fully saturated rings. The topological polar surface area (TPSA) is 22.1 Å². The summed E-state index contributed by atoms with van der Waals surface area (Å²) in [5.74, 6) is 0.933. The van der Waals surface area contributed by atoms with Gasteiger partial charge in [0.05, 0.1) is 22.7 Å². The Hall–Kier alpha value is -1.35. The van der Waals surface area contributed by atoms with Crippen molar-refractivity contribution in [1.82, 2.24) is 4.98 Å². The first kappa shape index (κ1) is 10.8. The zero-order valence-corrected chi connectivity index (χ0v) is 10.9. The number of aromatic nitrogens is 1. The summed E-state index contributed by atoms with van der Waals surface area (Å²) in [6, 6.07) is 6.40. The number of fused-ring (bicyclic) bond motifs is 3. The molecule has 0 saturated carbocycles. The summed E-state index contributed by atoms with van der Waals surface area (Å²) in [4.78, 5) is 5.98. The van der Waals surface area contributed by atoms with Crippen molar-refractivity contribution < 1.29 is 4.74 Å². The van der Waals surface area contributed by atoms with Gasteiger partial charge in [-0.15, -0.1) is 11.3 Å². The fraction of sp³-hybridized carbons (Fsp3) is 0.357. The Labute approximate surface area is 105 Å². The summed E-state index contributed by atoms with van der Waals surface area (Å²) in [5, 5.41) is 1.16. The number of rotatable bonds is 1. The van der Waals surface area contributed by atoms with E-state index in [1.165, 1.54) is 28.1 Å². The first-order chi connectivity index (χ1) is 8.28. The number of methoxy groups -OCH3 is 1. The van der Waals surface area contributed by atoms with Gasteiger partial charge in [-0.25, -0.2) is 4.98 Å². The van der Waals surface area contributed by atoms with Crippen molar-refractivity contribution in [3.05, 3.63) is 34.5 Å². The molecule has 17 heavy (non-hydrogen) atoms. The predicted molar refractivity (Wildman–Crippen MR) is 70.9 cm³/mol. The molecule has 0 N–H and O–H groups in total. The van der Waals surface area contributed by atoms with Crippen molar-refractivity contribution >= 4 is 11.3 Å². The zero-order valence-electron chi connectivity index (χ0n) is 10.1. The average Bonchev–Trinajstić information content (AvgIpc) is 2.63. The minimum Gasteiger partial charge on any atom is -0.497 e. The van der Waals surface area contributed by atoms with Crippen LogP contribution in [-0.2, 0) is 12.8 Å². The fourth-order valence-electron chi connectivity index (χ4n) is 2.41. The van der Waals surface area contributed by atoms with Gasteiger partial charge < -0.3 is 4.74 Å². The number of nitrogens with zero attached hydrogens (tertiary/aromatic N) is 1. The maximum absolute atomic E-state index is 5.33. The third-order valence-electron chi connectivity index (χ3n) is 3.23. The average molecular weight is 245 g/mol. The summed E-state index contributed by atoms with van der Waals surface area (Å²) >= 11 is 1.80. The highest BCUT2D eigenvalue weighted by Crippen LogP contribution is 2.38. The van der Waals surface area contributed by atoms with Crippen LogP contribution in [0.3, 0.4) is 0 Å². The van der Waals surface area contributed by atoms with Gasteiger partial charge in [-0.3, -0.25) is 0 Å². The van der Waals surface area contributed by atoms with Crippen LogP contribution < -0.4 is 4.74 Å². The molecule has 0 aliphatic heterocycles. The highest BCUT2D eigenvalue weighted by molar-refractivity contribution is 7.15. The molecule has 1 aromatic heterocycles. The standard InChI is InChI=1S/C14H15NOS/c1-9-15-13-5-3-4-10-6-7-11(16-2)8-12(10)14(13)17-9/h6-8H,3-5H2,1-2H3. The Kier molecular flexibility index (Phi) is 2.63. The lowest BCUT2D eigenvalue weighted by atomic mass is 10.0. The number of ether oxygens (including phenoxy) is 1. The quantitative estimate of drug-likeness (QED) is 0.765. The van der Waals surface area contributed by atoms with Crippen LogP contribution in [0.1, 0.15) is 22.7 Å². The summed E-state index contributed by atoms with van der Waals surface area (Å²) < 4.78 is 5.33. The number of thiazole rings is 1. The van der Waals surface area contributed by atoms with E-state index < -0.39 is 0 Å². The molecule has 3 rings (SSSR count). The molecule has 0 bridgehead atoms. The van der Waals surface area contributed by atoms with E-state index in [0.29, 0.717) is 0 Å². The summed E-state index contributed by atoms with van der Waals surface area (Å²) in [5.41, 5.74) is 4.01. The second kappa shape index (κ2) is 4.15. The van der Waals surface area contributed by atoms with Crippen molar-refractivity contribution in [1.29, 1.82) is 0 Å². The largest absolute Gasteiger partial charge is 0.497 e. The molecule has 1 aliphatic carbocycles. The lowest BCUT2D eigenvalue weighted by Gasteiger charge is -2.07. The van der Waals surface area contributed by atoms with Crippen LogP contribution >= 0.6 is 11.3 Å². The minimum absolute atomic E-state index is 0.933. The van der Waals surface area contributed by atoms with E-state index in [-0.39, 0.29) is 0 Å². The van der Waals surface area contributed by atoms with E-state index in [0.717, 1.165) is 23.6 Å². The normalized spacial score (nSPS) is 13.8. The van der Waals surface area contributed by atoms with Crippen LogP contribution in [0.4, 0.5) is 0 Å². The number of hydrogen-bond acceptors (Lipinski definition) is 3. The second-order valence-electron chi connectivity index (χ2n) is 4.39. The van der Waals surface area contributed by atoms with Crippen LogP contribution in [-0.4, -0.2) is 12.1 Å². The molecular formula is C14H15NOS. The predicted octanol–water partition coefficient (Wildman–Crippen LogP) is 3.62. The van der Waals surface area contributed by atoms with Crippen molar-refractivity contribution in [2.24, 2.45) is 0 Å². The maximum atomic E-state index is 5.33. The van der Waals surface area contributed by atoms with Gasteiger partial charge >= 0.3 is 0 Å². The lowest BCUT2D eigenvalue weighted by Crippen LogP contribution is -1.89. The molecule has 3 heteroatoms. The van der Waals surface area contributed by atoms with Crippen LogP contribution in [0.25, 0.3) is 10.4 Å². The Morgan fingerprint density at radius 2 is 2.18 bits per heavy atom. The third kappa shape index (κ3) is 1.84. The summed E-state index contributed by atoms with van der Waals surface area (Å²) in [6.07, 6.45) is 3.42. The van der Waals surface area contributed by atoms with Crippen molar-refractivity contribution in [2.75, 3.05) is 7.11 Å². The van der Waals surface area contributed by atoms with Gasteiger partial charge in [0.2, 0.25) is 0 Å². The monoisotopic (exact) mass is 245 g/mol. The van der Waals surface area contributed by atoms with Gasteiger partial charge in [-0.05, 0) is 43.9 Å². The van der Waals surface area contributed by atoms with Gasteiger partial charge in [-0.2, -0.15) is 0 Å². The Bertz CT molecular complexity index is 559. The molecule has 1 heterocycles. The first-order valence-corrected chi connectivity index (χ1v) is 6.73. The van der Waals surface area contributed by atoms with Gasteiger partial charge in [0.15, 0.2) is 0 Å². The molecule has 0 amide bonds. The first-order valence-electron chi connectivity index (χ1n) is 5.91. The Morgan fingerprint density at radius 1 is 1.29 bits per heavy atom. The van der Waals surface area contributed by atoms with E-state index in [9.17, 15) is 0 Å². The third-order valence-corrected chi connectivity index (χ3v) is 4.27. The van der Waals surface area contributed by atoms with E-state index in [1.54, 1.807) is 18.4 Å². The SMILES string of the molecule is COc1ccc2c(c1)-c1sc(C)nc1CCC2. The minimum atomic E-state index is 0.933. The Morgan fingerprint density at radius 3 is 3.00 bits per heavy atom. The molecule has 2 aromatic rings. The maximum Gasteiger partial charge on any atom is 0.119 e. The van der Waals surface area contributed by atoms with E-state index in [4.69, 9.17) is 4.74 Å². The molecule has 1 aromatic carbocycles. The van der Waals surface area contributed by atoms with E-state index in [1.807, 2.05) is 0 Å². The van der Waals surface area contributed by atoms with Crippen molar-refractivity contribution in [3.8, 4) is 16.2 Å². The highest BCUT2D eigenvalue weighted by atomic mass is 32.1. The van der Waals surface area contributed by atoms with Crippen molar-refractivity contribution in [2.45, 2.75) is 26.2 Å². The Balaban J connectivity index is 2.22. The lowest BCUT2D eigenvalue weighted by molar-refractivity contribution is 0.415. The number of hydrogen-bond donors (Lipinski definition) is 0. The molecule has 0 spiro atoms. The zero-order chi connectivity index (χ0) is 11.8. The van der Waals surface area contributed by atoms with Crippen LogP contribution in [0.2, 0.25) is 0 Å². The molecule has 88 valence electrons. The van der Waals surface area contributed by atoms with Gasteiger partial charge in [0.1, 0.15) is 5.75 Å². The van der Waals surface area contributed by atoms with E-state index >= 15 is 0 Å². The fourth-order valence-corrected chi connectivity index (χ4v) is 3.43. The van der Waals surface area contributed by atoms with Crippen LogP contribution in [0.15, 0.2) is 18.2 Å². The van der Waals surface area contributed by atoms with E-state index in [2.05, 4.69) is 30.1 Å². The smallest absolute Gasteiger partial charge is 0.119 e. The van der Waals surface area contributed by atoms with Crippen LogP contribution in [0.5, 0.6) is 5.75 Å². The molecule has 0 saturated heterocycles. The highest BCUT2D eigenvalue weighted by Gasteiger charge is 2.18. The molecule has 2 nitrogen and oxygen atoms in total. The number of aryl methyl sites for hydroxylation is 3. The van der Waals surface area contributed by atoms with Crippen molar-refractivity contribution in [3.63, 3.8) is 0 Å². The molecule has 0 atom stereocenters. The van der Waals surface area contributed by atoms with Gasteiger partial charge in [-0.1, -0.05) is 6.07 Å². The van der Waals surface area contributed by atoms with Crippen LogP contribution in [0, 0.1) is 6.92 Å². The van der Waals surface area contributed by atoms with Gasteiger partial charge in [0, 0.05) is 5.56 Å². The summed E-state index contributed by atoms with van der Waals surface area (Å²) in [6.45, 7) is 2.08.